The molecule has 2 amide bonds. The number of rotatable bonds is 6. The SMILES string of the molecule is Cc1ccc(OCC(=O)Nc2cccc(NC(=O)c3ccc(Cl)cc3Cl)c2)cc1. The minimum absolute atomic E-state index is 0.125. The Morgan fingerprint density at radius 1 is 0.897 bits per heavy atom. The highest BCUT2D eigenvalue weighted by atomic mass is 35.5. The highest BCUT2D eigenvalue weighted by Crippen LogP contribution is 2.23. The van der Waals surface area contributed by atoms with Crippen molar-refractivity contribution in [1.29, 1.82) is 0 Å². The zero-order chi connectivity index (χ0) is 20.8. The van der Waals surface area contributed by atoms with Crippen LogP contribution in [0.15, 0.2) is 66.7 Å². The molecule has 29 heavy (non-hydrogen) atoms. The van der Waals surface area contributed by atoms with Crippen LogP contribution < -0.4 is 15.4 Å². The molecule has 3 aromatic rings. The van der Waals surface area contributed by atoms with Gasteiger partial charge < -0.3 is 15.4 Å². The Kier molecular flexibility index (Phi) is 6.75. The van der Waals surface area contributed by atoms with Gasteiger partial charge in [0.2, 0.25) is 0 Å². The minimum atomic E-state index is -0.377. The quantitative estimate of drug-likeness (QED) is 0.538. The van der Waals surface area contributed by atoms with Crippen LogP contribution in [0.1, 0.15) is 15.9 Å². The van der Waals surface area contributed by atoms with Gasteiger partial charge in [-0.25, -0.2) is 0 Å². The Labute approximate surface area is 178 Å². The minimum Gasteiger partial charge on any atom is -0.484 e. The van der Waals surface area contributed by atoms with Crippen molar-refractivity contribution in [3.8, 4) is 5.75 Å². The molecule has 0 aliphatic rings. The maximum absolute atomic E-state index is 12.4. The first-order valence-electron chi connectivity index (χ1n) is 8.76. The van der Waals surface area contributed by atoms with Gasteiger partial charge in [-0.1, -0.05) is 47.0 Å². The average molecular weight is 429 g/mol. The van der Waals surface area contributed by atoms with Crippen LogP contribution in [0.4, 0.5) is 11.4 Å². The summed E-state index contributed by atoms with van der Waals surface area (Å²) < 4.78 is 5.46. The molecule has 0 aliphatic carbocycles. The zero-order valence-electron chi connectivity index (χ0n) is 15.5. The molecule has 0 atom stereocenters. The Morgan fingerprint density at radius 2 is 1.59 bits per heavy atom. The van der Waals surface area contributed by atoms with E-state index in [1.807, 2.05) is 19.1 Å². The molecule has 7 heteroatoms. The summed E-state index contributed by atoms with van der Waals surface area (Å²) in [5, 5.41) is 6.19. The molecule has 0 unspecified atom stereocenters. The number of carbonyl (C=O) groups is 2. The van der Waals surface area contributed by atoms with Crippen LogP contribution in [0, 0.1) is 6.92 Å². The van der Waals surface area contributed by atoms with Gasteiger partial charge in [0.25, 0.3) is 11.8 Å². The summed E-state index contributed by atoms with van der Waals surface area (Å²) >= 11 is 11.9. The molecule has 3 rings (SSSR count). The number of aryl methyl sites for hydroxylation is 1. The van der Waals surface area contributed by atoms with Crippen LogP contribution in [0.2, 0.25) is 10.0 Å². The van der Waals surface area contributed by atoms with Crippen molar-refractivity contribution in [3.63, 3.8) is 0 Å². The first-order chi connectivity index (χ1) is 13.9. The van der Waals surface area contributed by atoms with Crippen LogP contribution in [0.25, 0.3) is 0 Å². The topological polar surface area (TPSA) is 67.4 Å². The molecule has 0 aromatic heterocycles. The van der Waals surface area contributed by atoms with Crippen LogP contribution >= 0.6 is 23.2 Å². The summed E-state index contributed by atoms with van der Waals surface area (Å²) in [4.78, 5) is 24.5. The maximum Gasteiger partial charge on any atom is 0.262 e. The Bertz CT molecular complexity index is 1040. The number of anilines is 2. The summed E-state index contributed by atoms with van der Waals surface area (Å²) in [5.74, 6) is -0.0701. The van der Waals surface area contributed by atoms with Crippen molar-refractivity contribution in [2.24, 2.45) is 0 Å². The van der Waals surface area contributed by atoms with Gasteiger partial charge in [0.15, 0.2) is 6.61 Å². The molecular formula is C22H18Cl2N2O3. The Morgan fingerprint density at radius 3 is 2.28 bits per heavy atom. The fraction of sp³-hybridized carbons (Fsp3) is 0.0909. The largest absolute Gasteiger partial charge is 0.484 e. The van der Waals surface area contributed by atoms with Crippen molar-refractivity contribution >= 4 is 46.4 Å². The molecule has 148 valence electrons. The Balaban J connectivity index is 1.59. The number of hydrogen-bond acceptors (Lipinski definition) is 3. The van der Waals surface area contributed by atoms with Gasteiger partial charge in [-0.2, -0.15) is 0 Å². The smallest absolute Gasteiger partial charge is 0.262 e. The van der Waals surface area contributed by atoms with Crippen LogP contribution in [-0.2, 0) is 4.79 Å². The van der Waals surface area contributed by atoms with E-state index in [9.17, 15) is 9.59 Å². The molecule has 5 nitrogen and oxygen atoms in total. The first-order valence-corrected chi connectivity index (χ1v) is 9.52. The summed E-state index contributed by atoms with van der Waals surface area (Å²) in [6.45, 7) is 1.85. The second kappa shape index (κ2) is 9.45. The fourth-order valence-corrected chi connectivity index (χ4v) is 3.02. The zero-order valence-corrected chi connectivity index (χ0v) is 17.1. The number of halogens is 2. The van der Waals surface area contributed by atoms with E-state index in [-0.39, 0.29) is 23.4 Å². The fourth-order valence-electron chi connectivity index (χ4n) is 2.53. The van der Waals surface area contributed by atoms with E-state index in [4.69, 9.17) is 27.9 Å². The number of ether oxygens (including phenoxy) is 1. The molecule has 0 saturated carbocycles. The third-order valence-electron chi connectivity index (χ3n) is 3.97. The van der Waals surface area contributed by atoms with Crippen molar-refractivity contribution in [2.75, 3.05) is 17.2 Å². The van der Waals surface area contributed by atoms with Gasteiger partial charge in [0.05, 0.1) is 10.6 Å². The van der Waals surface area contributed by atoms with E-state index in [0.717, 1.165) is 5.56 Å². The van der Waals surface area contributed by atoms with E-state index in [1.165, 1.54) is 6.07 Å². The van der Waals surface area contributed by atoms with E-state index < -0.39 is 0 Å². The molecular weight excluding hydrogens is 411 g/mol. The van der Waals surface area contributed by atoms with Gasteiger partial charge in [0.1, 0.15) is 5.75 Å². The van der Waals surface area contributed by atoms with Crippen LogP contribution in [0.5, 0.6) is 5.75 Å². The van der Waals surface area contributed by atoms with Crippen molar-refractivity contribution < 1.29 is 14.3 Å². The van der Waals surface area contributed by atoms with Gasteiger partial charge in [0, 0.05) is 16.4 Å². The lowest BCUT2D eigenvalue weighted by Crippen LogP contribution is -2.20. The Hall–Kier alpha value is -3.02. The van der Waals surface area contributed by atoms with Crippen LogP contribution in [0.3, 0.4) is 0 Å². The summed E-state index contributed by atoms with van der Waals surface area (Å²) in [6.07, 6.45) is 0. The number of benzene rings is 3. The molecule has 0 heterocycles. The van der Waals surface area contributed by atoms with Gasteiger partial charge in [-0.3, -0.25) is 9.59 Å². The van der Waals surface area contributed by atoms with Gasteiger partial charge >= 0.3 is 0 Å². The third-order valence-corrected chi connectivity index (χ3v) is 4.52. The van der Waals surface area contributed by atoms with Crippen LogP contribution in [-0.4, -0.2) is 18.4 Å². The third kappa shape index (κ3) is 5.98. The van der Waals surface area contributed by atoms with Gasteiger partial charge in [-0.05, 0) is 55.5 Å². The predicted molar refractivity (Wildman–Crippen MR) is 116 cm³/mol. The summed E-state index contributed by atoms with van der Waals surface area (Å²) in [6, 6.07) is 18.9. The normalized spacial score (nSPS) is 10.3. The second-order valence-corrected chi connectivity index (χ2v) is 7.15. The number of amides is 2. The van der Waals surface area contributed by atoms with Crippen molar-refractivity contribution in [1.82, 2.24) is 0 Å². The standard InChI is InChI=1S/C22H18Cl2N2O3/c1-14-5-8-18(9-6-14)29-13-21(27)25-16-3-2-4-17(12-16)26-22(28)19-10-7-15(23)11-20(19)24/h2-12H,13H2,1H3,(H,25,27)(H,26,28). The molecule has 0 aliphatic heterocycles. The van der Waals surface area contributed by atoms with E-state index >= 15 is 0 Å². The molecule has 0 spiro atoms. The molecule has 2 N–H and O–H groups in total. The lowest BCUT2D eigenvalue weighted by Gasteiger charge is -2.10. The molecule has 0 saturated heterocycles. The lowest BCUT2D eigenvalue weighted by atomic mass is 10.2. The highest BCUT2D eigenvalue weighted by molar-refractivity contribution is 6.37. The van der Waals surface area contributed by atoms with E-state index in [2.05, 4.69) is 10.6 Å². The molecule has 3 aromatic carbocycles. The number of hydrogen-bond donors (Lipinski definition) is 2. The second-order valence-electron chi connectivity index (χ2n) is 6.31. The van der Waals surface area contributed by atoms with E-state index in [1.54, 1.807) is 48.5 Å². The lowest BCUT2D eigenvalue weighted by molar-refractivity contribution is -0.118. The number of nitrogens with one attached hydrogen (secondary N) is 2. The van der Waals surface area contributed by atoms with Crippen molar-refractivity contribution in [3.05, 3.63) is 87.9 Å². The first kappa shape index (κ1) is 20.7. The highest BCUT2D eigenvalue weighted by Gasteiger charge is 2.12. The monoisotopic (exact) mass is 428 g/mol. The molecule has 0 fully saturated rings. The molecule has 0 bridgehead atoms. The van der Waals surface area contributed by atoms with Gasteiger partial charge in [-0.15, -0.1) is 0 Å². The number of carbonyl (C=O) groups excluding carboxylic acids is 2. The summed E-state index contributed by atoms with van der Waals surface area (Å²) in [7, 11) is 0. The average Bonchev–Trinajstić information content (AvgIpc) is 2.67. The maximum atomic E-state index is 12.4. The summed E-state index contributed by atoms with van der Waals surface area (Å²) in [5.41, 5.74) is 2.46. The van der Waals surface area contributed by atoms with E-state index in [0.29, 0.717) is 27.7 Å². The predicted octanol–water partition coefficient (Wildman–Crippen LogP) is 5.57. The van der Waals surface area contributed by atoms with Crippen molar-refractivity contribution in [2.45, 2.75) is 6.92 Å². The molecule has 0 radical (unpaired) electrons.